The minimum absolute atomic E-state index is 0.0520. The number of halogens is 1. The van der Waals surface area contributed by atoms with Crippen LogP contribution in [0.25, 0.3) is 0 Å². The molecule has 0 bridgehead atoms. The van der Waals surface area contributed by atoms with Crippen LogP contribution in [-0.4, -0.2) is 41.2 Å². The lowest BCUT2D eigenvalue weighted by molar-refractivity contribution is -0.114. The van der Waals surface area contributed by atoms with Crippen molar-refractivity contribution in [3.63, 3.8) is 0 Å². The number of rotatable bonds is 7. The first-order valence-electron chi connectivity index (χ1n) is 10.8. The van der Waals surface area contributed by atoms with Crippen LogP contribution in [0.1, 0.15) is 11.1 Å². The second-order valence-electron chi connectivity index (χ2n) is 8.01. The van der Waals surface area contributed by atoms with Crippen molar-refractivity contribution in [3.05, 3.63) is 70.7 Å². The highest BCUT2D eigenvalue weighted by Gasteiger charge is 2.30. The van der Waals surface area contributed by atoms with E-state index in [1.165, 1.54) is 19.2 Å². The topological polar surface area (TPSA) is 94.2 Å². The molecular weight excluding hydrogens is 492 g/mol. The molecule has 1 heterocycles. The molecule has 0 atom stereocenters. The third-order valence-corrected chi connectivity index (χ3v) is 7.65. The van der Waals surface area contributed by atoms with Gasteiger partial charge in [-0.2, -0.15) is 0 Å². The molecule has 8 nitrogen and oxygen atoms in total. The molecule has 184 valence electrons. The van der Waals surface area contributed by atoms with Gasteiger partial charge in [-0.15, -0.1) is 0 Å². The maximum absolute atomic E-state index is 13.8. The van der Waals surface area contributed by atoms with Crippen LogP contribution in [0.15, 0.2) is 59.5 Å². The number of amides is 1. The monoisotopic (exact) mass is 516 g/mol. The fraction of sp³-hybridized carbons (Fsp3) is 0.240. The summed E-state index contributed by atoms with van der Waals surface area (Å²) in [6.45, 7) is 3.95. The maximum atomic E-state index is 13.8. The molecule has 1 N–H and O–H groups in total. The van der Waals surface area contributed by atoms with E-state index in [9.17, 15) is 13.2 Å². The Hall–Kier alpha value is -3.43. The summed E-state index contributed by atoms with van der Waals surface area (Å²) in [5.41, 5.74) is 2.21. The number of anilines is 2. The van der Waals surface area contributed by atoms with Crippen molar-refractivity contribution < 1.29 is 27.4 Å². The van der Waals surface area contributed by atoms with Gasteiger partial charge in [-0.3, -0.25) is 9.10 Å². The summed E-state index contributed by atoms with van der Waals surface area (Å²) in [6, 6.07) is 14.7. The molecule has 0 radical (unpaired) electrons. The zero-order valence-electron chi connectivity index (χ0n) is 19.5. The zero-order chi connectivity index (χ0) is 25.2. The summed E-state index contributed by atoms with van der Waals surface area (Å²) >= 11 is 6.30. The SMILES string of the molecule is COc1ccc(C)cc1S(=O)(=O)N(CC(=O)Nc1ccc2c(c1)OCCO2)c1ccc(C)c(Cl)c1. The summed E-state index contributed by atoms with van der Waals surface area (Å²) in [4.78, 5) is 13.0. The van der Waals surface area contributed by atoms with Crippen LogP contribution < -0.4 is 23.8 Å². The van der Waals surface area contributed by atoms with Gasteiger partial charge in [-0.05, 0) is 61.4 Å². The normalized spacial score (nSPS) is 12.7. The molecule has 3 aromatic carbocycles. The molecule has 35 heavy (non-hydrogen) atoms. The van der Waals surface area contributed by atoms with E-state index in [-0.39, 0.29) is 16.3 Å². The van der Waals surface area contributed by atoms with Gasteiger partial charge in [0, 0.05) is 16.8 Å². The van der Waals surface area contributed by atoms with Crippen LogP contribution in [-0.2, 0) is 14.8 Å². The van der Waals surface area contributed by atoms with Gasteiger partial charge < -0.3 is 19.5 Å². The highest BCUT2D eigenvalue weighted by atomic mass is 35.5. The molecule has 0 saturated carbocycles. The Morgan fingerprint density at radius 1 is 1.03 bits per heavy atom. The summed E-state index contributed by atoms with van der Waals surface area (Å²) in [7, 11) is -2.81. The van der Waals surface area contributed by atoms with E-state index in [1.807, 2.05) is 6.92 Å². The van der Waals surface area contributed by atoms with Crippen molar-refractivity contribution in [1.82, 2.24) is 0 Å². The van der Waals surface area contributed by atoms with E-state index in [4.69, 9.17) is 25.8 Å². The molecular formula is C25H25ClN2O6S. The van der Waals surface area contributed by atoms with Gasteiger partial charge in [0.2, 0.25) is 5.91 Å². The van der Waals surface area contributed by atoms with E-state index in [2.05, 4.69) is 5.32 Å². The number of nitrogens with one attached hydrogen (secondary N) is 1. The zero-order valence-corrected chi connectivity index (χ0v) is 21.1. The second kappa shape index (κ2) is 10.1. The van der Waals surface area contributed by atoms with Crippen LogP contribution in [0.3, 0.4) is 0 Å². The van der Waals surface area contributed by atoms with Gasteiger partial charge in [-0.1, -0.05) is 23.7 Å². The highest BCUT2D eigenvalue weighted by molar-refractivity contribution is 7.93. The van der Waals surface area contributed by atoms with Crippen LogP contribution in [0, 0.1) is 13.8 Å². The molecule has 0 aromatic heterocycles. The third kappa shape index (κ3) is 5.31. The molecule has 4 rings (SSSR count). The van der Waals surface area contributed by atoms with Crippen LogP contribution in [0.2, 0.25) is 5.02 Å². The van der Waals surface area contributed by atoms with E-state index >= 15 is 0 Å². The summed E-state index contributed by atoms with van der Waals surface area (Å²) in [5.74, 6) is 0.715. The molecule has 1 amide bonds. The van der Waals surface area contributed by atoms with Crippen LogP contribution >= 0.6 is 11.6 Å². The average molecular weight is 517 g/mol. The largest absolute Gasteiger partial charge is 0.495 e. The Balaban J connectivity index is 1.69. The minimum atomic E-state index is -4.21. The lowest BCUT2D eigenvalue weighted by Crippen LogP contribution is -2.38. The number of sulfonamides is 1. The summed E-state index contributed by atoms with van der Waals surface area (Å²) < 4.78 is 45.0. The predicted molar refractivity (Wildman–Crippen MR) is 135 cm³/mol. The summed E-state index contributed by atoms with van der Waals surface area (Å²) in [6.07, 6.45) is 0. The van der Waals surface area contributed by atoms with E-state index in [0.29, 0.717) is 35.4 Å². The van der Waals surface area contributed by atoms with Crippen LogP contribution in [0.4, 0.5) is 11.4 Å². The molecule has 0 saturated heterocycles. The quantitative estimate of drug-likeness (QED) is 0.494. The number of carbonyl (C=O) groups is 1. The Morgan fingerprint density at radius 2 is 1.77 bits per heavy atom. The Kier molecular flexibility index (Phi) is 7.09. The van der Waals surface area contributed by atoms with E-state index < -0.39 is 22.5 Å². The van der Waals surface area contributed by atoms with Crippen molar-refractivity contribution in [2.45, 2.75) is 18.7 Å². The van der Waals surface area contributed by atoms with Gasteiger partial charge in [0.1, 0.15) is 30.4 Å². The lowest BCUT2D eigenvalue weighted by atomic mass is 10.2. The Morgan fingerprint density at radius 3 is 2.49 bits per heavy atom. The molecule has 0 spiro atoms. The first kappa shape index (κ1) is 24.7. The Labute approximate surface area is 209 Å². The van der Waals surface area contributed by atoms with Crippen LogP contribution in [0.5, 0.6) is 17.2 Å². The maximum Gasteiger partial charge on any atom is 0.268 e. The number of carbonyl (C=O) groups excluding carboxylic acids is 1. The molecule has 3 aromatic rings. The number of benzene rings is 3. The van der Waals surface area contributed by atoms with E-state index in [0.717, 1.165) is 15.4 Å². The van der Waals surface area contributed by atoms with E-state index in [1.54, 1.807) is 49.4 Å². The standard InChI is InChI=1S/C25H25ClN2O6S/c1-16-4-8-22(32-3)24(12-16)35(30,31)28(19-7-5-17(2)20(26)14-19)15-25(29)27-18-6-9-21-23(13-18)34-11-10-33-21/h4-9,12-14H,10-11,15H2,1-3H3,(H,27,29). The van der Waals surface area contributed by atoms with Crippen molar-refractivity contribution in [2.24, 2.45) is 0 Å². The number of nitrogens with zero attached hydrogens (tertiary/aromatic N) is 1. The highest BCUT2D eigenvalue weighted by Crippen LogP contribution is 2.34. The average Bonchev–Trinajstić information content (AvgIpc) is 2.84. The molecule has 10 heteroatoms. The molecule has 1 aliphatic heterocycles. The number of methoxy groups -OCH3 is 1. The number of hydrogen-bond acceptors (Lipinski definition) is 6. The fourth-order valence-electron chi connectivity index (χ4n) is 3.61. The molecule has 0 unspecified atom stereocenters. The molecule has 0 fully saturated rings. The number of fused-ring (bicyclic) bond motifs is 1. The fourth-order valence-corrected chi connectivity index (χ4v) is 5.44. The number of ether oxygens (including phenoxy) is 3. The van der Waals surface area contributed by atoms with Crippen molar-refractivity contribution >= 4 is 38.9 Å². The third-order valence-electron chi connectivity index (χ3n) is 5.44. The number of aryl methyl sites for hydroxylation is 2. The van der Waals surface area contributed by atoms with Gasteiger partial charge in [0.25, 0.3) is 10.0 Å². The van der Waals surface area contributed by atoms with Gasteiger partial charge >= 0.3 is 0 Å². The van der Waals surface area contributed by atoms with Gasteiger partial charge in [0.05, 0.1) is 12.8 Å². The smallest absolute Gasteiger partial charge is 0.268 e. The first-order chi connectivity index (χ1) is 16.7. The van der Waals surface area contributed by atoms with Gasteiger partial charge in [0.15, 0.2) is 11.5 Å². The lowest BCUT2D eigenvalue weighted by Gasteiger charge is -2.26. The first-order valence-corrected chi connectivity index (χ1v) is 12.6. The van der Waals surface area contributed by atoms with Crippen molar-refractivity contribution in [3.8, 4) is 17.2 Å². The number of hydrogen-bond donors (Lipinski definition) is 1. The second-order valence-corrected chi connectivity index (χ2v) is 10.2. The summed E-state index contributed by atoms with van der Waals surface area (Å²) in [5, 5.41) is 3.12. The van der Waals surface area contributed by atoms with Gasteiger partial charge in [-0.25, -0.2) is 8.42 Å². The molecule has 1 aliphatic rings. The molecule has 0 aliphatic carbocycles. The Bertz CT molecular complexity index is 1380. The minimum Gasteiger partial charge on any atom is -0.495 e. The predicted octanol–water partition coefficient (Wildman–Crippen LogP) is 4.57. The van der Waals surface area contributed by atoms with Crippen molar-refractivity contribution in [2.75, 3.05) is 36.5 Å². The van der Waals surface area contributed by atoms with Crippen molar-refractivity contribution in [1.29, 1.82) is 0 Å².